The molecule has 3 N–H and O–H groups in total. The highest BCUT2D eigenvalue weighted by Crippen LogP contribution is 2.33. The standard InChI is InChI=1S/C24H28FN3O4/c1-15-6-3-7-17(22(15)25)11-12-18-8-4-9-20(23(18)31)26-14-19-16(2)27-28(24(19)32)13-5-10-21(29)30/h4,7-9,14,26,31H,3,5-6,10-13H2,1-2H3,(H,29,30)/b19-14-. The fourth-order valence-corrected chi connectivity index (χ4v) is 3.75. The van der Waals surface area contributed by atoms with Crippen LogP contribution in [0.15, 0.2) is 58.1 Å². The van der Waals surface area contributed by atoms with Crippen LogP contribution in [-0.2, 0) is 16.0 Å². The van der Waals surface area contributed by atoms with Crippen LogP contribution >= 0.6 is 0 Å². The summed E-state index contributed by atoms with van der Waals surface area (Å²) in [5.41, 5.74) is 3.42. The number of hydrogen-bond acceptors (Lipinski definition) is 5. The van der Waals surface area contributed by atoms with E-state index < -0.39 is 5.97 Å². The van der Waals surface area contributed by atoms with E-state index in [1.165, 1.54) is 11.2 Å². The summed E-state index contributed by atoms with van der Waals surface area (Å²) in [6.07, 6.45) is 6.25. The van der Waals surface area contributed by atoms with Crippen molar-refractivity contribution in [2.75, 3.05) is 11.9 Å². The van der Waals surface area contributed by atoms with Crippen molar-refractivity contribution in [2.45, 2.75) is 52.4 Å². The normalized spacial score (nSPS) is 17.7. The number of aliphatic carboxylic acids is 1. The monoisotopic (exact) mass is 441 g/mol. The summed E-state index contributed by atoms with van der Waals surface area (Å²) in [5, 5.41) is 27.8. The van der Waals surface area contributed by atoms with Gasteiger partial charge in [0.15, 0.2) is 0 Å². The zero-order valence-corrected chi connectivity index (χ0v) is 18.3. The van der Waals surface area contributed by atoms with E-state index in [9.17, 15) is 19.1 Å². The molecule has 0 saturated heterocycles. The van der Waals surface area contributed by atoms with Gasteiger partial charge in [0.05, 0.1) is 17.0 Å². The zero-order chi connectivity index (χ0) is 23.3. The average molecular weight is 442 g/mol. The predicted molar refractivity (Wildman–Crippen MR) is 121 cm³/mol. The van der Waals surface area contributed by atoms with Gasteiger partial charge in [-0.15, -0.1) is 0 Å². The van der Waals surface area contributed by atoms with Gasteiger partial charge in [-0.1, -0.05) is 18.2 Å². The molecule has 1 amide bonds. The Bertz CT molecular complexity index is 1040. The van der Waals surface area contributed by atoms with E-state index in [1.54, 1.807) is 32.0 Å². The Morgan fingerprint density at radius 3 is 2.84 bits per heavy atom. The van der Waals surface area contributed by atoms with Crippen molar-refractivity contribution in [3.63, 3.8) is 0 Å². The van der Waals surface area contributed by atoms with E-state index >= 15 is 0 Å². The number of carbonyl (C=O) groups is 2. The quantitative estimate of drug-likeness (QED) is 0.382. The summed E-state index contributed by atoms with van der Waals surface area (Å²) in [6, 6.07) is 5.28. The molecule has 32 heavy (non-hydrogen) atoms. The molecule has 1 aromatic carbocycles. The summed E-state index contributed by atoms with van der Waals surface area (Å²) in [6.45, 7) is 3.72. The van der Waals surface area contributed by atoms with E-state index in [2.05, 4.69) is 10.4 Å². The Hall–Kier alpha value is -3.42. The summed E-state index contributed by atoms with van der Waals surface area (Å²) in [7, 11) is 0. The smallest absolute Gasteiger partial charge is 0.303 e. The third-order valence-corrected chi connectivity index (χ3v) is 5.61. The number of hydrogen-bond donors (Lipinski definition) is 3. The van der Waals surface area contributed by atoms with Crippen LogP contribution in [0.5, 0.6) is 5.75 Å². The number of amides is 1. The highest BCUT2D eigenvalue weighted by Gasteiger charge is 2.27. The molecular weight excluding hydrogens is 413 g/mol. The Morgan fingerprint density at radius 1 is 1.31 bits per heavy atom. The predicted octanol–water partition coefficient (Wildman–Crippen LogP) is 4.67. The van der Waals surface area contributed by atoms with Gasteiger partial charge in [0.25, 0.3) is 5.91 Å². The summed E-state index contributed by atoms with van der Waals surface area (Å²) in [5.74, 6) is -1.32. The van der Waals surface area contributed by atoms with Gasteiger partial charge in [0.2, 0.25) is 0 Å². The molecule has 2 aliphatic rings. The summed E-state index contributed by atoms with van der Waals surface area (Å²) in [4.78, 5) is 23.2. The topological polar surface area (TPSA) is 102 Å². The third kappa shape index (κ3) is 5.43. The lowest BCUT2D eigenvalue weighted by atomic mass is 9.94. The Labute approximate surface area is 186 Å². The van der Waals surface area contributed by atoms with E-state index in [0.717, 1.165) is 18.4 Å². The molecule has 3 rings (SSSR count). The number of allylic oxidation sites excluding steroid dienone is 4. The van der Waals surface area contributed by atoms with Crippen LogP contribution < -0.4 is 5.32 Å². The highest BCUT2D eigenvalue weighted by atomic mass is 19.1. The number of carbonyl (C=O) groups excluding carboxylic acids is 1. The van der Waals surface area contributed by atoms with Crippen molar-refractivity contribution >= 4 is 23.3 Å². The molecule has 0 atom stereocenters. The van der Waals surface area contributed by atoms with Crippen LogP contribution in [0.3, 0.4) is 0 Å². The molecule has 0 fully saturated rings. The Kier molecular flexibility index (Phi) is 7.45. The molecule has 0 saturated carbocycles. The first-order valence-corrected chi connectivity index (χ1v) is 10.7. The molecular formula is C24H28FN3O4. The van der Waals surface area contributed by atoms with E-state index in [-0.39, 0.29) is 30.4 Å². The molecule has 0 spiro atoms. The second kappa shape index (κ2) is 10.3. The number of nitrogens with zero attached hydrogens (tertiary/aromatic N) is 2. The fraction of sp³-hybridized carbons (Fsp3) is 0.375. The Balaban J connectivity index is 1.65. The summed E-state index contributed by atoms with van der Waals surface area (Å²) >= 11 is 0. The third-order valence-electron chi connectivity index (χ3n) is 5.61. The number of nitrogens with one attached hydrogen (secondary N) is 1. The molecule has 1 aliphatic carbocycles. The molecule has 1 aliphatic heterocycles. The van der Waals surface area contributed by atoms with Gasteiger partial charge in [-0.05, 0) is 68.7 Å². The number of phenols is 1. The number of rotatable bonds is 9. The number of carboxylic acid groups (broad SMARTS) is 1. The first kappa shape index (κ1) is 23.2. The van der Waals surface area contributed by atoms with Crippen LogP contribution in [0.25, 0.3) is 0 Å². The number of anilines is 1. The lowest BCUT2D eigenvalue weighted by Crippen LogP contribution is -2.24. The molecule has 1 heterocycles. The number of benzene rings is 1. The van der Waals surface area contributed by atoms with E-state index in [1.807, 2.05) is 6.08 Å². The molecule has 0 bridgehead atoms. The van der Waals surface area contributed by atoms with Gasteiger partial charge in [-0.25, -0.2) is 9.40 Å². The van der Waals surface area contributed by atoms with Crippen molar-refractivity contribution in [3.05, 3.63) is 58.6 Å². The van der Waals surface area contributed by atoms with Crippen molar-refractivity contribution in [3.8, 4) is 5.75 Å². The molecule has 170 valence electrons. The first-order valence-electron chi connectivity index (χ1n) is 10.7. The maximum Gasteiger partial charge on any atom is 0.303 e. The lowest BCUT2D eigenvalue weighted by molar-refractivity contribution is -0.137. The lowest BCUT2D eigenvalue weighted by Gasteiger charge is -2.15. The molecule has 7 nitrogen and oxygen atoms in total. The van der Waals surface area contributed by atoms with Crippen LogP contribution in [0.4, 0.5) is 10.1 Å². The van der Waals surface area contributed by atoms with E-state index in [4.69, 9.17) is 5.11 Å². The average Bonchev–Trinajstić information content (AvgIpc) is 3.01. The molecule has 8 heteroatoms. The van der Waals surface area contributed by atoms with E-state index in [0.29, 0.717) is 47.4 Å². The first-order chi connectivity index (χ1) is 15.3. The molecule has 1 aromatic rings. The second-order valence-electron chi connectivity index (χ2n) is 7.99. The van der Waals surface area contributed by atoms with Gasteiger partial charge >= 0.3 is 5.97 Å². The fourth-order valence-electron chi connectivity index (χ4n) is 3.75. The number of halogens is 1. The second-order valence-corrected chi connectivity index (χ2v) is 7.99. The van der Waals surface area contributed by atoms with Crippen LogP contribution in [0.2, 0.25) is 0 Å². The van der Waals surface area contributed by atoms with Crippen molar-refractivity contribution in [1.82, 2.24) is 5.01 Å². The minimum Gasteiger partial charge on any atom is -0.505 e. The zero-order valence-electron chi connectivity index (χ0n) is 18.3. The van der Waals surface area contributed by atoms with Crippen molar-refractivity contribution < 1.29 is 24.2 Å². The SMILES string of the molecule is CC1=NN(CCCC(=O)O)C(=O)/C1=C\Nc1cccc(CCC2=CCCC(C)=C2F)c1O. The number of para-hydroxylation sites is 1. The highest BCUT2D eigenvalue weighted by molar-refractivity contribution is 6.23. The minimum absolute atomic E-state index is 0.0352. The number of phenolic OH excluding ortho intramolecular Hbond substituents is 1. The maximum absolute atomic E-state index is 14.3. The van der Waals surface area contributed by atoms with Crippen LogP contribution in [-0.4, -0.2) is 39.4 Å². The molecule has 0 radical (unpaired) electrons. The largest absolute Gasteiger partial charge is 0.505 e. The van der Waals surface area contributed by atoms with Crippen molar-refractivity contribution in [2.24, 2.45) is 5.10 Å². The van der Waals surface area contributed by atoms with Gasteiger partial charge < -0.3 is 15.5 Å². The number of hydrazone groups is 1. The van der Waals surface area contributed by atoms with Gasteiger partial charge in [0, 0.05) is 19.2 Å². The number of aryl methyl sites for hydroxylation is 1. The maximum atomic E-state index is 14.3. The van der Waals surface area contributed by atoms with Gasteiger partial charge in [0.1, 0.15) is 11.6 Å². The molecule has 0 unspecified atom stereocenters. The van der Waals surface area contributed by atoms with Gasteiger partial charge in [-0.3, -0.25) is 9.59 Å². The van der Waals surface area contributed by atoms with Crippen LogP contribution in [0, 0.1) is 0 Å². The minimum atomic E-state index is -0.918. The molecule has 0 aromatic heterocycles. The number of carboxylic acids is 1. The summed E-state index contributed by atoms with van der Waals surface area (Å²) < 4.78 is 14.3. The number of aromatic hydroxyl groups is 1. The van der Waals surface area contributed by atoms with Gasteiger partial charge in [-0.2, -0.15) is 5.10 Å². The Morgan fingerprint density at radius 2 is 2.09 bits per heavy atom. The van der Waals surface area contributed by atoms with Crippen LogP contribution in [0.1, 0.15) is 51.5 Å². The van der Waals surface area contributed by atoms with Crippen molar-refractivity contribution in [1.29, 1.82) is 0 Å².